The Morgan fingerprint density at radius 1 is 1.22 bits per heavy atom. The summed E-state index contributed by atoms with van der Waals surface area (Å²) in [5.41, 5.74) is 2.79. The van der Waals surface area contributed by atoms with Crippen molar-refractivity contribution >= 4 is 23.2 Å². The summed E-state index contributed by atoms with van der Waals surface area (Å²) in [5.74, 6) is 0.772. The molecule has 6 nitrogen and oxygen atoms in total. The molecule has 4 rings (SSSR count). The zero-order valence-corrected chi connectivity index (χ0v) is 15.3. The maximum atomic E-state index is 12.5. The molecule has 2 atom stereocenters. The predicted molar refractivity (Wildman–Crippen MR) is 104 cm³/mol. The molecule has 2 unspecified atom stereocenters. The van der Waals surface area contributed by atoms with Crippen molar-refractivity contribution in [1.82, 2.24) is 5.32 Å². The lowest BCUT2D eigenvalue weighted by Gasteiger charge is -2.32. The summed E-state index contributed by atoms with van der Waals surface area (Å²) < 4.78 is 5.42. The van der Waals surface area contributed by atoms with Gasteiger partial charge in [0.15, 0.2) is 0 Å². The van der Waals surface area contributed by atoms with Gasteiger partial charge in [-0.3, -0.25) is 9.59 Å². The van der Waals surface area contributed by atoms with Gasteiger partial charge in [0.05, 0.1) is 24.4 Å². The first-order valence-electron chi connectivity index (χ1n) is 9.31. The average molecular weight is 365 g/mol. The zero-order valence-electron chi connectivity index (χ0n) is 15.3. The minimum absolute atomic E-state index is 0.00281. The van der Waals surface area contributed by atoms with Crippen LogP contribution in [0.3, 0.4) is 0 Å². The summed E-state index contributed by atoms with van der Waals surface area (Å²) in [5, 5.41) is 6.04. The standard InChI is InChI=1S/C21H23N3O3/c1-2-27-16-9-7-14(8-10-16)11-20(25)22-15-12-19-21(26)23-17-5-3-4-6-18(17)24(19)13-15/h3-10,15,19H,2,11-13H2,1H3,(H,22,25)(H,23,26). The minimum Gasteiger partial charge on any atom is -0.494 e. The lowest BCUT2D eigenvalue weighted by molar-refractivity contribution is -0.121. The number of amides is 2. The van der Waals surface area contributed by atoms with Gasteiger partial charge in [0.25, 0.3) is 0 Å². The van der Waals surface area contributed by atoms with E-state index in [1.165, 1.54) is 0 Å². The van der Waals surface area contributed by atoms with Crippen LogP contribution in [0.1, 0.15) is 18.9 Å². The van der Waals surface area contributed by atoms with Gasteiger partial charge >= 0.3 is 0 Å². The molecule has 1 saturated heterocycles. The number of rotatable bonds is 5. The Labute approximate surface area is 158 Å². The van der Waals surface area contributed by atoms with Crippen LogP contribution < -0.4 is 20.3 Å². The molecule has 0 aromatic heterocycles. The number of ether oxygens (including phenoxy) is 1. The van der Waals surface area contributed by atoms with Crippen molar-refractivity contribution < 1.29 is 14.3 Å². The molecule has 6 heteroatoms. The number of anilines is 2. The lowest BCUT2D eigenvalue weighted by Crippen LogP contribution is -2.44. The van der Waals surface area contributed by atoms with E-state index in [1.807, 2.05) is 55.5 Å². The van der Waals surface area contributed by atoms with Gasteiger partial charge in [0, 0.05) is 12.6 Å². The molecule has 2 amide bonds. The molecule has 0 saturated carbocycles. The summed E-state index contributed by atoms with van der Waals surface area (Å²) in [6.45, 7) is 3.20. The largest absolute Gasteiger partial charge is 0.494 e. The molecule has 0 spiro atoms. The third-order valence-electron chi connectivity index (χ3n) is 5.04. The second-order valence-corrected chi connectivity index (χ2v) is 6.93. The van der Waals surface area contributed by atoms with Crippen molar-refractivity contribution in [3.8, 4) is 5.75 Å². The number of nitrogens with zero attached hydrogens (tertiary/aromatic N) is 1. The zero-order chi connectivity index (χ0) is 18.8. The predicted octanol–water partition coefficient (Wildman–Crippen LogP) is 2.34. The third-order valence-corrected chi connectivity index (χ3v) is 5.04. The number of benzene rings is 2. The van der Waals surface area contributed by atoms with Crippen molar-refractivity contribution in [3.05, 3.63) is 54.1 Å². The quantitative estimate of drug-likeness (QED) is 0.853. The highest BCUT2D eigenvalue weighted by Gasteiger charge is 2.41. The van der Waals surface area contributed by atoms with Crippen LogP contribution in [0.25, 0.3) is 0 Å². The molecule has 2 aliphatic rings. The van der Waals surface area contributed by atoms with E-state index < -0.39 is 0 Å². The van der Waals surface area contributed by atoms with Crippen LogP contribution in [0.2, 0.25) is 0 Å². The molecule has 2 heterocycles. The van der Waals surface area contributed by atoms with Gasteiger partial charge in [0.1, 0.15) is 11.8 Å². The first-order chi connectivity index (χ1) is 13.1. The van der Waals surface area contributed by atoms with E-state index in [1.54, 1.807) is 0 Å². The average Bonchev–Trinajstić information content (AvgIpc) is 3.08. The number of para-hydroxylation sites is 2. The van der Waals surface area contributed by atoms with Crippen LogP contribution in [-0.4, -0.2) is 37.0 Å². The van der Waals surface area contributed by atoms with Crippen LogP contribution in [0.4, 0.5) is 11.4 Å². The van der Waals surface area contributed by atoms with Gasteiger partial charge in [0.2, 0.25) is 11.8 Å². The Bertz CT molecular complexity index is 850. The van der Waals surface area contributed by atoms with Gasteiger partial charge in [-0.2, -0.15) is 0 Å². The van der Waals surface area contributed by atoms with Crippen LogP contribution in [0, 0.1) is 0 Å². The van der Waals surface area contributed by atoms with Gasteiger partial charge < -0.3 is 20.3 Å². The first kappa shape index (κ1) is 17.4. The fourth-order valence-corrected chi connectivity index (χ4v) is 3.84. The first-order valence-corrected chi connectivity index (χ1v) is 9.31. The van der Waals surface area contributed by atoms with Crippen molar-refractivity contribution in [2.45, 2.75) is 31.8 Å². The Balaban J connectivity index is 1.38. The second kappa shape index (κ2) is 7.31. The number of hydrogen-bond donors (Lipinski definition) is 2. The molecular weight excluding hydrogens is 342 g/mol. The lowest BCUT2D eigenvalue weighted by atomic mass is 10.1. The molecule has 2 aromatic carbocycles. The van der Waals surface area contributed by atoms with Gasteiger partial charge in [-0.15, -0.1) is 0 Å². The van der Waals surface area contributed by atoms with Crippen LogP contribution in [0.5, 0.6) is 5.75 Å². The molecule has 2 aromatic rings. The summed E-state index contributed by atoms with van der Waals surface area (Å²) >= 11 is 0. The van der Waals surface area contributed by atoms with E-state index in [0.29, 0.717) is 26.0 Å². The maximum Gasteiger partial charge on any atom is 0.247 e. The smallest absolute Gasteiger partial charge is 0.247 e. The number of fused-ring (bicyclic) bond motifs is 3. The highest BCUT2D eigenvalue weighted by molar-refractivity contribution is 6.04. The number of carbonyl (C=O) groups excluding carboxylic acids is 2. The van der Waals surface area contributed by atoms with Crippen molar-refractivity contribution in [2.24, 2.45) is 0 Å². The van der Waals surface area contributed by atoms with E-state index >= 15 is 0 Å². The molecule has 2 N–H and O–H groups in total. The highest BCUT2D eigenvalue weighted by atomic mass is 16.5. The third kappa shape index (κ3) is 3.60. The summed E-state index contributed by atoms with van der Waals surface area (Å²) in [4.78, 5) is 26.9. The van der Waals surface area contributed by atoms with Crippen molar-refractivity contribution in [3.63, 3.8) is 0 Å². The molecular formula is C21H23N3O3. The Morgan fingerprint density at radius 2 is 2.00 bits per heavy atom. The van der Waals surface area contributed by atoms with Gasteiger partial charge in [-0.25, -0.2) is 0 Å². The van der Waals surface area contributed by atoms with Gasteiger partial charge in [-0.05, 0) is 43.2 Å². The fraction of sp³-hybridized carbons (Fsp3) is 0.333. The van der Waals surface area contributed by atoms with E-state index in [-0.39, 0.29) is 23.9 Å². The molecule has 0 aliphatic carbocycles. The molecule has 27 heavy (non-hydrogen) atoms. The Kier molecular flexibility index (Phi) is 4.71. The molecule has 2 aliphatic heterocycles. The molecule has 0 radical (unpaired) electrons. The highest BCUT2D eigenvalue weighted by Crippen LogP contribution is 2.36. The molecule has 1 fully saturated rings. The molecule has 0 bridgehead atoms. The normalized spacial score (nSPS) is 20.5. The van der Waals surface area contributed by atoms with Gasteiger partial charge in [-0.1, -0.05) is 24.3 Å². The van der Waals surface area contributed by atoms with E-state index in [9.17, 15) is 9.59 Å². The van der Waals surface area contributed by atoms with E-state index in [0.717, 1.165) is 22.7 Å². The molecule has 140 valence electrons. The van der Waals surface area contributed by atoms with Crippen LogP contribution in [-0.2, 0) is 16.0 Å². The van der Waals surface area contributed by atoms with E-state index in [4.69, 9.17) is 4.74 Å². The number of nitrogens with one attached hydrogen (secondary N) is 2. The SMILES string of the molecule is CCOc1ccc(CC(=O)NC2CC3C(=O)Nc4ccccc4N3C2)cc1. The summed E-state index contributed by atoms with van der Waals surface area (Å²) in [7, 11) is 0. The maximum absolute atomic E-state index is 12.5. The minimum atomic E-state index is -0.226. The summed E-state index contributed by atoms with van der Waals surface area (Å²) in [6.07, 6.45) is 0.936. The van der Waals surface area contributed by atoms with Crippen LogP contribution >= 0.6 is 0 Å². The Morgan fingerprint density at radius 3 is 2.78 bits per heavy atom. The number of carbonyl (C=O) groups is 2. The van der Waals surface area contributed by atoms with Crippen molar-refractivity contribution in [2.75, 3.05) is 23.4 Å². The van der Waals surface area contributed by atoms with Crippen molar-refractivity contribution in [1.29, 1.82) is 0 Å². The number of hydrogen-bond acceptors (Lipinski definition) is 4. The monoisotopic (exact) mass is 365 g/mol. The topological polar surface area (TPSA) is 70.7 Å². The second-order valence-electron chi connectivity index (χ2n) is 6.93. The van der Waals surface area contributed by atoms with E-state index in [2.05, 4.69) is 15.5 Å². The fourth-order valence-electron chi connectivity index (χ4n) is 3.84. The summed E-state index contributed by atoms with van der Waals surface area (Å²) in [6, 6.07) is 15.1. The Hall–Kier alpha value is -3.02. The van der Waals surface area contributed by atoms with Crippen LogP contribution in [0.15, 0.2) is 48.5 Å².